The summed E-state index contributed by atoms with van der Waals surface area (Å²) in [5, 5.41) is 4.69. The molecule has 1 aromatic carbocycles. The molecule has 3 nitrogen and oxygen atoms in total. The Morgan fingerprint density at radius 1 is 1.33 bits per heavy atom. The minimum Gasteiger partial charge on any atom is -0.343 e. The van der Waals surface area contributed by atoms with Crippen molar-refractivity contribution in [2.75, 3.05) is 18.0 Å². The van der Waals surface area contributed by atoms with Gasteiger partial charge in [-0.25, -0.2) is 4.98 Å². The predicted molar refractivity (Wildman–Crippen MR) is 90.0 cm³/mol. The zero-order valence-corrected chi connectivity index (χ0v) is 13.6. The molecular formula is C17H23N3S. The van der Waals surface area contributed by atoms with Crippen LogP contribution in [0.15, 0.2) is 30.5 Å². The Labute approximate surface area is 131 Å². The summed E-state index contributed by atoms with van der Waals surface area (Å²) in [6, 6.07) is 9.15. The summed E-state index contributed by atoms with van der Waals surface area (Å²) in [5.41, 5.74) is 2.93. The molecule has 0 saturated heterocycles. The second-order valence-corrected chi connectivity index (χ2v) is 6.70. The van der Waals surface area contributed by atoms with Crippen LogP contribution in [-0.2, 0) is 13.0 Å². The van der Waals surface area contributed by atoms with E-state index in [4.69, 9.17) is 0 Å². The number of anilines is 1. The maximum atomic E-state index is 4.65. The Balaban J connectivity index is 1.70. The molecule has 0 radical (unpaired) electrons. The van der Waals surface area contributed by atoms with Crippen LogP contribution in [-0.4, -0.2) is 18.1 Å². The highest BCUT2D eigenvalue weighted by Crippen LogP contribution is 2.30. The van der Waals surface area contributed by atoms with Crippen molar-refractivity contribution in [3.05, 3.63) is 46.5 Å². The average Bonchev–Trinajstić information content (AvgIpc) is 3.02. The van der Waals surface area contributed by atoms with E-state index >= 15 is 0 Å². The fraction of sp³-hybridized carbons (Fsp3) is 0.471. The highest BCUT2D eigenvalue weighted by atomic mass is 32.1. The molecule has 0 amide bonds. The number of hydrogen-bond acceptors (Lipinski definition) is 4. The van der Waals surface area contributed by atoms with Crippen LogP contribution in [0.3, 0.4) is 0 Å². The van der Waals surface area contributed by atoms with Gasteiger partial charge >= 0.3 is 0 Å². The molecule has 2 heterocycles. The van der Waals surface area contributed by atoms with Crippen LogP contribution in [0, 0.1) is 0 Å². The molecular weight excluding hydrogens is 278 g/mol. The zero-order chi connectivity index (χ0) is 14.7. The van der Waals surface area contributed by atoms with Crippen LogP contribution in [0.5, 0.6) is 0 Å². The number of rotatable bonds is 5. The molecule has 21 heavy (non-hydrogen) atoms. The minimum absolute atomic E-state index is 0.397. The van der Waals surface area contributed by atoms with Gasteiger partial charge in [0.25, 0.3) is 0 Å². The first-order valence-electron chi connectivity index (χ1n) is 7.78. The van der Waals surface area contributed by atoms with Gasteiger partial charge in [0.1, 0.15) is 0 Å². The maximum absolute atomic E-state index is 4.65. The van der Waals surface area contributed by atoms with Crippen molar-refractivity contribution in [1.29, 1.82) is 0 Å². The van der Waals surface area contributed by atoms with Gasteiger partial charge in [-0.2, -0.15) is 0 Å². The largest absolute Gasteiger partial charge is 0.343 e. The smallest absolute Gasteiger partial charge is 0.185 e. The van der Waals surface area contributed by atoms with E-state index in [1.165, 1.54) is 22.4 Å². The summed E-state index contributed by atoms with van der Waals surface area (Å²) in [5.74, 6) is 0. The van der Waals surface area contributed by atoms with Crippen molar-refractivity contribution >= 4 is 16.5 Å². The van der Waals surface area contributed by atoms with Crippen LogP contribution in [0.4, 0.5) is 5.13 Å². The van der Waals surface area contributed by atoms with E-state index in [9.17, 15) is 0 Å². The highest BCUT2D eigenvalue weighted by molar-refractivity contribution is 7.15. The van der Waals surface area contributed by atoms with E-state index in [1.807, 2.05) is 17.5 Å². The first-order chi connectivity index (χ1) is 10.3. The molecule has 1 aliphatic rings. The van der Waals surface area contributed by atoms with Crippen molar-refractivity contribution in [2.24, 2.45) is 0 Å². The van der Waals surface area contributed by atoms with Gasteiger partial charge in [0.2, 0.25) is 0 Å². The standard InChI is InChI=1S/C17H23N3S/c1-3-9-18-13(2)16-11-19-17(21-16)20-10-8-14-6-4-5-7-15(14)12-20/h4-7,11,13,18H,3,8-10,12H2,1-2H3. The topological polar surface area (TPSA) is 28.2 Å². The molecule has 1 unspecified atom stereocenters. The van der Waals surface area contributed by atoms with E-state index in [2.05, 4.69) is 53.3 Å². The zero-order valence-electron chi connectivity index (χ0n) is 12.8. The minimum atomic E-state index is 0.397. The van der Waals surface area contributed by atoms with Gasteiger partial charge in [-0.15, -0.1) is 11.3 Å². The number of hydrogen-bond donors (Lipinski definition) is 1. The lowest BCUT2D eigenvalue weighted by molar-refractivity contribution is 0.577. The van der Waals surface area contributed by atoms with Crippen molar-refractivity contribution in [3.8, 4) is 0 Å². The van der Waals surface area contributed by atoms with Gasteiger partial charge < -0.3 is 10.2 Å². The Hall–Kier alpha value is -1.39. The number of nitrogens with zero attached hydrogens (tertiary/aromatic N) is 2. The summed E-state index contributed by atoms with van der Waals surface area (Å²) in [7, 11) is 0. The van der Waals surface area contributed by atoms with Gasteiger partial charge in [0.05, 0.1) is 0 Å². The molecule has 4 heteroatoms. The summed E-state index contributed by atoms with van der Waals surface area (Å²) in [4.78, 5) is 8.38. The van der Waals surface area contributed by atoms with Crippen molar-refractivity contribution in [2.45, 2.75) is 39.3 Å². The molecule has 112 valence electrons. The molecule has 0 bridgehead atoms. The predicted octanol–water partition coefficient (Wildman–Crippen LogP) is 3.77. The molecule has 1 atom stereocenters. The lowest BCUT2D eigenvalue weighted by Gasteiger charge is -2.28. The fourth-order valence-corrected chi connectivity index (χ4v) is 3.71. The number of thiazole rings is 1. The van der Waals surface area contributed by atoms with E-state index in [-0.39, 0.29) is 0 Å². The lowest BCUT2D eigenvalue weighted by Crippen LogP contribution is -2.30. The maximum Gasteiger partial charge on any atom is 0.185 e. The number of benzene rings is 1. The van der Waals surface area contributed by atoms with Gasteiger partial charge in [-0.3, -0.25) is 0 Å². The Morgan fingerprint density at radius 3 is 2.95 bits per heavy atom. The van der Waals surface area contributed by atoms with Gasteiger partial charge in [0, 0.05) is 30.2 Å². The molecule has 1 aliphatic heterocycles. The molecule has 0 fully saturated rings. The molecule has 0 aliphatic carbocycles. The van der Waals surface area contributed by atoms with Crippen LogP contribution < -0.4 is 10.2 Å². The summed E-state index contributed by atoms with van der Waals surface area (Å²) in [6.45, 7) is 7.54. The molecule has 3 rings (SSSR count). The number of fused-ring (bicyclic) bond motifs is 1. The van der Waals surface area contributed by atoms with E-state index in [0.29, 0.717) is 6.04 Å². The molecule has 0 spiro atoms. The Bertz CT molecular complexity index is 593. The third kappa shape index (κ3) is 3.27. The number of nitrogens with one attached hydrogen (secondary N) is 1. The average molecular weight is 301 g/mol. The van der Waals surface area contributed by atoms with Gasteiger partial charge in [-0.1, -0.05) is 31.2 Å². The van der Waals surface area contributed by atoms with Crippen LogP contribution in [0.1, 0.15) is 42.3 Å². The lowest BCUT2D eigenvalue weighted by atomic mass is 10.0. The Morgan fingerprint density at radius 2 is 2.14 bits per heavy atom. The van der Waals surface area contributed by atoms with Crippen molar-refractivity contribution in [3.63, 3.8) is 0 Å². The normalized spacial score (nSPS) is 15.8. The second-order valence-electron chi connectivity index (χ2n) is 5.66. The fourth-order valence-electron chi connectivity index (χ4n) is 2.74. The highest BCUT2D eigenvalue weighted by Gasteiger charge is 2.19. The quantitative estimate of drug-likeness (QED) is 0.911. The van der Waals surface area contributed by atoms with Gasteiger partial charge in [-0.05, 0) is 37.4 Å². The Kier molecular flexibility index (Phi) is 4.56. The van der Waals surface area contributed by atoms with E-state index in [1.54, 1.807) is 0 Å². The first kappa shape index (κ1) is 14.5. The van der Waals surface area contributed by atoms with Gasteiger partial charge in [0.15, 0.2) is 5.13 Å². The third-order valence-corrected chi connectivity index (χ3v) is 5.28. The first-order valence-corrected chi connectivity index (χ1v) is 8.60. The summed E-state index contributed by atoms with van der Waals surface area (Å²) < 4.78 is 0. The molecule has 0 saturated carbocycles. The van der Waals surface area contributed by atoms with E-state index < -0.39 is 0 Å². The summed E-state index contributed by atoms with van der Waals surface area (Å²) >= 11 is 1.82. The van der Waals surface area contributed by atoms with Crippen molar-refractivity contribution in [1.82, 2.24) is 10.3 Å². The van der Waals surface area contributed by atoms with Crippen molar-refractivity contribution < 1.29 is 0 Å². The summed E-state index contributed by atoms with van der Waals surface area (Å²) in [6.07, 6.45) is 4.32. The monoisotopic (exact) mass is 301 g/mol. The molecule has 2 aromatic rings. The second kappa shape index (κ2) is 6.58. The van der Waals surface area contributed by atoms with Crippen LogP contribution in [0.2, 0.25) is 0 Å². The number of aromatic nitrogens is 1. The molecule has 1 aromatic heterocycles. The molecule has 1 N–H and O–H groups in total. The van der Waals surface area contributed by atoms with E-state index in [0.717, 1.165) is 31.2 Å². The third-order valence-electron chi connectivity index (χ3n) is 4.04. The van der Waals surface area contributed by atoms with Crippen LogP contribution >= 0.6 is 11.3 Å². The SMILES string of the molecule is CCCNC(C)c1cnc(N2CCc3ccccc3C2)s1. The van der Waals surface area contributed by atoms with Crippen LogP contribution in [0.25, 0.3) is 0 Å².